The maximum absolute atomic E-state index is 12.8. The predicted molar refractivity (Wildman–Crippen MR) is 64.4 cm³/mol. The van der Waals surface area contributed by atoms with Gasteiger partial charge in [-0.1, -0.05) is 0 Å². The lowest BCUT2D eigenvalue weighted by Crippen LogP contribution is -2.22. The largest absolute Gasteiger partial charge is 0.573 e. The van der Waals surface area contributed by atoms with Crippen molar-refractivity contribution in [2.24, 2.45) is 0 Å². The number of carbonyl (C=O) groups excluding carboxylic acids is 1. The molecule has 0 amide bonds. The van der Waals surface area contributed by atoms with Crippen LogP contribution in [0.5, 0.6) is 5.75 Å². The van der Waals surface area contributed by atoms with E-state index >= 15 is 0 Å². The fourth-order valence-corrected chi connectivity index (χ4v) is 1.88. The number of esters is 1. The van der Waals surface area contributed by atoms with Gasteiger partial charge in [-0.3, -0.25) is 4.79 Å². The molecule has 0 bridgehead atoms. The molecule has 0 saturated carbocycles. The van der Waals surface area contributed by atoms with Crippen molar-refractivity contribution in [3.63, 3.8) is 0 Å². The Morgan fingerprint density at radius 3 is 2.29 bits per heavy atom. The number of hydrogen-bond acceptors (Lipinski definition) is 4. The van der Waals surface area contributed by atoms with Crippen LogP contribution in [-0.2, 0) is 22.1 Å². The number of alkyl halides is 6. The maximum atomic E-state index is 12.8. The van der Waals surface area contributed by atoms with Gasteiger partial charge >= 0.3 is 18.5 Å². The van der Waals surface area contributed by atoms with Crippen LogP contribution in [0.25, 0.3) is 0 Å². The van der Waals surface area contributed by atoms with Gasteiger partial charge in [-0.25, -0.2) is 4.98 Å². The molecule has 11 heteroatoms. The SMILES string of the molecule is COC(=O)Cc1c(OC(F)(F)F)cc(I)nc1C(F)(F)F. The zero-order chi connectivity index (χ0) is 16.4. The highest BCUT2D eigenvalue weighted by Gasteiger charge is 2.40. The first-order valence-electron chi connectivity index (χ1n) is 5.03. The lowest BCUT2D eigenvalue weighted by molar-refractivity contribution is -0.275. The minimum absolute atomic E-state index is 0.368. The van der Waals surface area contributed by atoms with E-state index in [1.54, 1.807) is 0 Å². The zero-order valence-corrected chi connectivity index (χ0v) is 12.3. The second kappa shape index (κ2) is 6.23. The van der Waals surface area contributed by atoms with Crippen LogP contribution < -0.4 is 4.74 Å². The van der Waals surface area contributed by atoms with Crippen molar-refractivity contribution in [1.82, 2.24) is 4.98 Å². The van der Waals surface area contributed by atoms with Crippen LogP contribution >= 0.6 is 22.6 Å². The summed E-state index contributed by atoms with van der Waals surface area (Å²) in [5.41, 5.74) is -2.66. The smallest absolute Gasteiger partial charge is 0.469 e. The van der Waals surface area contributed by atoms with Crippen LogP contribution in [0, 0.1) is 3.70 Å². The molecule has 0 saturated heterocycles. The standard InChI is InChI=1S/C10H6F6INO3/c1-20-7(19)2-4-5(21-10(14,15)16)3-6(17)18-8(4)9(11,12)13/h3H,2H2,1H3. The Balaban J connectivity index is 3.46. The van der Waals surface area contributed by atoms with Crippen molar-refractivity contribution < 1.29 is 40.6 Å². The molecule has 0 atom stereocenters. The highest BCUT2D eigenvalue weighted by molar-refractivity contribution is 14.1. The molecular formula is C10H6F6INO3. The highest BCUT2D eigenvalue weighted by atomic mass is 127. The van der Waals surface area contributed by atoms with Crippen molar-refractivity contribution in [1.29, 1.82) is 0 Å². The van der Waals surface area contributed by atoms with Gasteiger partial charge < -0.3 is 9.47 Å². The molecule has 118 valence electrons. The summed E-state index contributed by atoms with van der Waals surface area (Å²) >= 11 is 1.31. The van der Waals surface area contributed by atoms with Gasteiger partial charge in [0.1, 0.15) is 9.45 Å². The maximum Gasteiger partial charge on any atom is 0.573 e. The molecule has 0 spiro atoms. The van der Waals surface area contributed by atoms with E-state index in [2.05, 4.69) is 14.5 Å². The summed E-state index contributed by atoms with van der Waals surface area (Å²) in [5.74, 6) is -2.30. The number of aromatic nitrogens is 1. The molecule has 0 aliphatic rings. The van der Waals surface area contributed by atoms with E-state index in [0.717, 1.165) is 7.11 Å². The first-order chi connectivity index (χ1) is 9.44. The molecule has 21 heavy (non-hydrogen) atoms. The Hall–Kier alpha value is -1.27. The van der Waals surface area contributed by atoms with Gasteiger partial charge in [0.15, 0.2) is 5.69 Å². The van der Waals surface area contributed by atoms with Crippen LogP contribution in [0.1, 0.15) is 11.3 Å². The van der Waals surface area contributed by atoms with E-state index in [1.807, 2.05) is 0 Å². The van der Waals surface area contributed by atoms with E-state index in [1.165, 1.54) is 22.6 Å². The molecule has 4 nitrogen and oxygen atoms in total. The third-order valence-electron chi connectivity index (χ3n) is 2.10. The average molecular weight is 429 g/mol. The molecule has 1 aromatic rings. The Kier molecular flexibility index (Phi) is 5.28. The molecule has 0 fully saturated rings. The second-order valence-corrected chi connectivity index (χ2v) is 4.67. The highest BCUT2D eigenvalue weighted by Crippen LogP contribution is 2.37. The molecule has 0 aliphatic heterocycles. The fourth-order valence-electron chi connectivity index (χ4n) is 1.36. The lowest BCUT2D eigenvalue weighted by Gasteiger charge is -2.17. The average Bonchev–Trinajstić information content (AvgIpc) is 2.28. The summed E-state index contributed by atoms with van der Waals surface area (Å²) in [7, 11) is 0.889. The fraction of sp³-hybridized carbons (Fsp3) is 0.400. The number of rotatable bonds is 3. The Morgan fingerprint density at radius 1 is 1.29 bits per heavy atom. The summed E-state index contributed by atoms with van der Waals surface area (Å²) in [6.07, 6.45) is -11.3. The van der Waals surface area contributed by atoms with Gasteiger partial charge in [-0.2, -0.15) is 13.2 Å². The van der Waals surface area contributed by atoms with Gasteiger partial charge in [-0.15, -0.1) is 13.2 Å². The molecule has 0 unspecified atom stereocenters. The van der Waals surface area contributed by atoms with E-state index in [4.69, 9.17) is 0 Å². The molecule has 0 aromatic carbocycles. The monoisotopic (exact) mass is 429 g/mol. The van der Waals surface area contributed by atoms with Crippen LogP contribution in [-0.4, -0.2) is 24.4 Å². The van der Waals surface area contributed by atoms with Crippen LogP contribution in [0.15, 0.2) is 6.07 Å². The number of pyridine rings is 1. The van der Waals surface area contributed by atoms with E-state index in [9.17, 15) is 31.1 Å². The van der Waals surface area contributed by atoms with E-state index in [0.29, 0.717) is 6.07 Å². The predicted octanol–water partition coefficient (Wildman–Crippen LogP) is 3.32. The van der Waals surface area contributed by atoms with Crippen molar-refractivity contribution >= 4 is 28.6 Å². The summed E-state index contributed by atoms with van der Waals surface area (Å²) in [5, 5.41) is 0. The van der Waals surface area contributed by atoms with Crippen molar-refractivity contribution in [3.8, 4) is 5.75 Å². The number of ether oxygens (including phenoxy) is 2. The van der Waals surface area contributed by atoms with Crippen LogP contribution in [0.2, 0.25) is 0 Å². The van der Waals surface area contributed by atoms with Crippen molar-refractivity contribution in [3.05, 3.63) is 21.0 Å². The Morgan fingerprint density at radius 2 is 1.86 bits per heavy atom. The Labute approximate surface area is 127 Å². The molecule has 0 aliphatic carbocycles. The summed E-state index contributed by atoms with van der Waals surface area (Å²) in [6.45, 7) is 0. The number of methoxy groups -OCH3 is 1. The number of hydrogen-bond donors (Lipinski definition) is 0. The minimum Gasteiger partial charge on any atom is -0.469 e. The second-order valence-electron chi connectivity index (χ2n) is 3.57. The van der Waals surface area contributed by atoms with Gasteiger partial charge in [0.25, 0.3) is 0 Å². The number of halogens is 7. The van der Waals surface area contributed by atoms with Gasteiger partial charge in [-0.05, 0) is 22.6 Å². The lowest BCUT2D eigenvalue weighted by atomic mass is 10.1. The zero-order valence-electron chi connectivity index (χ0n) is 10.1. The third kappa shape index (κ3) is 5.21. The summed E-state index contributed by atoms with van der Waals surface area (Å²) in [4.78, 5) is 14.2. The van der Waals surface area contributed by atoms with E-state index < -0.39 is 41.9 Å². The summed E-state index contributed by atoms with van der Waals surface area (Å²) in [6, 6.07) is 0.654. The molecule has 1 rings (SSSR count). The quantitative estimate of drug-likeness (QED) is 0.320. The first kappa shape index (κ1) is 17.8. The molecule has 0 radical (unpaired) electrons. The molecule has 1 heterocycles. The van der Waals surface area contributed by atoms with Crippen LogP contribution in [0.3, 0.4) is 0 Å². The number of carbonyl (C=O) groups is 1. The first-order valence-corrected chi connectivity index (χ1v) is 6.11. The van der Waals surface area contributed by atoms with Crippen molar-refractivity contribution in [2.45, 2.75) is 19.0 Å². The van der Waals surface area contributed by atoms with Gasteiger partial charge in [0.05, 0.1) is 13.5 Å². The Bertz CT molecular complexity index is 543. The number of nitrogens with zero attached hydrogens (tertiary/aromatic N) is 1. The molecule has 1 aromatic heterocycles. The van der Waals surface area contributed by atoms with Crippen molar-refractivity contribution in [2.75, 3.05) is 7.11 Å². The van der Waals surface area contributed by atoms with Gasteiger partial charge in [0.2, 0.25) is 0 Å². The molecule has 0 N–H and O–H groups in total. The summed E-state index contributed by atoms with van der Waals surface area (Å²) < 4.78 is 82.6. The minimum atomic E-state index is -5.21. The third-order valence-corrected chi connectivity index (χ3v) is 2.65. The molecular weight excluding hydrogens is 423 g/mol. The van der Waals surface area contributed by atoms with Crippen LogP contribution in [0.4, 0.5) is 26.3 Å². The topological polar surface area (TPSA) is 48.4 Å². The normalized spacial score (nSPS) is 12.2. The van der Waals surface area contributed by atoms with Gasteiger partial charge in [0, 0.05) is 11.6 Å². The van der Waals surface area contributed by atoms with E-state index in [-0.39, 0.29) is 3.70 Å².